The molecule has 0 fully saturated rings. The second kappa shape index (κ2) is 9.51. The SMILES string of the molecule is CN(CC(=O)OCc1ccc(-c2ccccc2C#N)cc1)S(=O)(=O)c1ccc(F)cc1. The maximum atomic E-state index is 13.0. The van der Waals surface area contributed by atoms with Gasteiger partial charge in [0.15, 0.2) is 0 Å². The van der Waals surface area contributed by atoms with Gasteiger partial charge in [-0.3, -0.25) is 4.79 Å². The first-order valence-corrected chi connectivity index (χ1v) is 10.7. The van der Waals surface area contributed by atoms with E-state index in [2.05, 4.69) is 6.07 Å². The maximum Gasteiger partial charge on any atom is 0.321 e. The smallest absolute Gasteiger partial charge is 0.321 e. The second-order valence-electron chi connectivity index (χ2n) is 6.73. The molecule has 3 rings (SSSR count). The van der Waals surface area contributed by atoms with Crippen LogP contribution in [0.4, 0.5) is 4.39 Å². The van der Waals surface area contributed by atoms with E-state index >= 15 is 0 Å². The first-order chi connectivity index (χ1) is 14.8. The monoisotopic (exact) mass is 438 g/mol. The number of carbonyl (C=O) groups excluding carboxylic acids is 1. The van der Waals surface area contributed by atoms with Crippen molar-refractivity contribution in [1.82, 2.24) is 4.31 Å². The van der Waals surface area contributed by atoms with Gasteiger partial charge in [0.25, 0.3) is 0 Å². The summed E-state index contributed by atoms with van der Waals surface area (Å²) in [4.78, 5) is 12.0. The molecule has 8 heteroatoms. The number of likely N-dealkylation sites (N-methyl/N-ethyl adjacent to an activating group) is 1. The van der Waals surface area contributed by atoms with Gasteiger partial charge < -0.3 is 4.74 Å². The van der Waals surface area contributed by atoms with Gasteiger partial charge in [0.1, 0.15) is 19.0 Å². The van der Waals surface area contributed by atoms with Crippen molar-refractivity contribution in [1.29, 1.82) is 5.26 Å². The lowest BCUT2D eigenvalue weighted by molar-refractivity contribution is -0.144. The van der Waals surface area contributed by atoms with Crippen molar-refractivity contribution in [2.75, 3.05) is 13.6 Å². The highest BCUT2D eigenvalue weighted by Crippen LogP contribution is 2.23. The molecule has 0 saturated carbocycles. The third-order valence-corrected chi connectivity index (χ3v) is 6.40. The molecule has 0 atom stereocenters. The highest BCUT2D eigenvalue weighted by molar-refractivity contribution is 7.89. The number of carbonyl (C=O) groups is 1. The minimum Gasteiger partial charge on any atom is -0.460 e. The quantitative estimate of drug-likeness (QED) is 0.525. The number of nitriles is 1. The Hall–Kier alpha value is -3.54. The third-order valence-electron chi connectivity index (χ3n) is 4.59. The molecule has 0 amide bonds. The van der Waals surface area contributed by atoms with Crippen molar-refractivity contribution in [3.05, 3.63) is 89.7 Å². The summed E-state index contributed by atoms with van der Waals surface area (Å²) in [6.07, 6.45) is 0. The van der Waals surface area contributed by atoms with Crippen LogP contribution in [0.2, 0.25) is 0 Å². The van der Waals surface area contributed by atoms with Crippen LogP contribution in [0.1, 0.15) is 11.1 Å². The van der Waals surface area contributed by atoms with Gasteiger partial charge in [-0.05, 0) is 47.0 Å². The van der Waals surface area contributed by atoms with Gasteiger partial charge in [-0.2, -0.15) is 9.57 Å². The van der Waals surface area contributed by atoms with Crippen LogP contribution in [-0.4, -0.2) is 32.3 Å². The Kier molecular flexibility index (Phi) is 6.80. The Morgan fingerprint density at radius 3 is 2.32 bits per heavy atom. The number of hydrogen-bond donors (Lipinski definition) is 0. The molecule has 0 radical (unpaired) electrons. The van der Waals surface area contributed by atoms with Crippen LogP contribution in [0.3, 0.4) is 0 Å². The maximum absolute atomic E-state index is 13.0. The Balaban J connectivity index is 1.59. The predicted molar refractivity (Wildman–Crippen MR) is 113 cm³/mol. The standard InChI is InChI=1S/C23H19FN2O4S/c1-26(31(28,29)21-12-10-20(24)11-13-21)15-23(27)30-16-17-6-8-18(9-7-17)22-5-3-2-4-19(22)14-25/h2-13H,15-16H2,1H3. The minimum atomic E-state index is -3.94. The molecule has 0 bridgehead atoms. The van der Waals surface area contributed by atoms with Gasteiger partial charge in [0.2, 0.25) is 10.0 Å². The fourth-order valence-electron chi connectivity index (χ4n) is 2.88. The van der Waals surface area contributed by atoms with Crippen LogP contribution in [0.5, 0.6) is 0 Å². The molecule has 0 aliphatic carbocycles. The van der Waals surface area contributed by atoms with E-state index in [0.717, 1.165) is 45.3 Å². The van der Waals surface area contributed by atoms with Crippen LogP contribution >= 0.6 is 0 Å². The summed E-state index contributed by atoms with van der Waals surface area (Å²) in [7, 11) is -2.69. The van der Waals surface area contributed by atoms with Gasteiger partial charge in [-0.25, -0.2) is 12.8 Å². The Bertz CT molecular complexity index is 1220. The van der Waals surface area contributed by atoms with Gasteiger partial charge in [-0.15, -0.1) is 0 Å². The van der Waals surface area contributed by atoms with E-state index in [1.54, 1.807) is 24.3 Å². The van der Waals surface area contributed by atoms with Gasteiger partial charge in [0.05, 0.1) is 16.5 Å². The highest BCUT2D eigenvalue weighted by Gasteiger charge is 2.23. The zero-order chi connectivity index (χ0) is 22.4. The van der Waals surface area contributed by atoms with E-state index < -0.39 is 28.4 Å². The van der Waals surface area contributed by atoms with Crippen LogP contribution in [0.25, 0.3) is 11.1 Å². The lowest BCUT2D eigenvalue weighted by Gasteiger charge is -2.16. The normalized spacial score (nSPS) is 11.2. The van der Waals surface area contributed by atoms with Crippen LogP contribution in [0, 0.1) is 17.1 Å². The van der Waals surface area contributed by atoms with E-state index in [0.29, 0.717) is 5.56 Å². The van der Waals surface area contributed by atoms with Crippen molar-refractivity contribution >= 4 is 16.0 Å². The molecule has 31 heavy (non-hydrogen) atoms. The number of esters is 1. The van der Waals surface area contributed by atoms with Crippen LogP contribution < -0.4 is 0 Å². The number of rotatable bonds is 7. The Morgan fingerprint density at radius 2 is 1.68 bits per heavy atom. The summed E-state index contributed by atoms with van der Waals surface area (Å²) in [5.74, 6) is -1.27. The zero-order valence-electron chi connectivity index (χ0n) is 16.7. The molecule has 0 aliphatic heterocycles. The number of sulfonamides is 1. The summed E-state index contributed by atoms with van der Waals surface area (Å²) >= 11 is 0. The van der Waals surface area contributed by atoms with Gasteiger partial charge in [-0.1, -0.05) is 42.5 Å². The predicted octanol–water partition coefficient (Wildman–Crippen LogP) is 3.73. The fraction of sp³-hybridized carbons (Fsp3) is 0.130. The molecule has 0 heterocycles. The van der Waals surface area contributed by atoms with Crippen molar-refractivity contribution in [3.8, 4) is 17.2 Å². The lowest BCUT2D eigenvalue weighted by Crippen LogP contribution is -2.33. The van der Waals surface area contributed by atoms with E-state index in [-0.39, 0.29) is 11.5 Å². The molecule has 0 saturated heterocycles. The third kappa shape index (κ3) is 5.34. The second-order valence-corrected chi connectivity index (χ2v) is 8.77. The van der Waals surface area contributed by atoms with Crippen molar-refractivity contribution in [2.45, 2.75) is 11.5 Å². The van der Waals surface area contributed by atoms with E-state index in [1.165, 1.54) is 7.05 Å². The number of halogens is 1. The number of hydrogen-bond acceptors (Lipinski definition) is 5. The largest absolute Gasteiger partial charge is 0.460 e. The molecule has 158 valence electrons. The number of ether oxygens (including phenoxy) is 1. The van der Waals surface area contributed by atoms with E-state index in [4.69, 9.17) is 4.74 Å². The van der Waals surface area contributed by atoms with E-state index in [9.17, 15) is 22.9 Å². The van der Waals surface area contributed by atoms with Gasteiger partial charge in [0, 0.05) is 7.05 Å². The number of nitrogens with zero attached hydrogens (tertiary/aromatic N) is 2. The minimum absolute atomic E-state index is 0.0244. The zero-order valence-corrected chi connectivity index (χ0v) is 17.5. The summed E-state index contributed by atoms with van der Waals surface area (Å²) in [5, 5.41) is 9.22. The molecule has 0 spiro atoms. The molecule has 6 nitrogen and oxygen atoms in total. The topological polar surface area (TPSA) is 87.5 Å². The number of benzene rings is 3. The molecule has 0 aromatic heterocycles. The first kappa shape index (κ1) is 22.2. The fourth-order valence-corrected chi connectivity index (χ4v) is 3.99. The summed E-state index contributed by atoms with van der Waals surface area (Å²) in [6, 6.07) is 20.9. The van der Waals surface area contributed by atoms with Crippen LogP contribution in [-0.2, 0) is 26.2 Å². The molecular formula is C23H19FN2O4S. The molecule has 0 unspecified atom stereocenters. The molecule has 0 N–H and O–H groups in total. The summed E-state index contributed by atoms with van der Waals surface area (Å²) in [5.41, 5.74) is 2.95. The summed E-state index contributed by atoms with van der Waals surface area (Å²) < 4.78 is 43.9. The molecule has 3 aromatic carbocycles. The summed E-state index contributed by atoms with van der Waals surface area (Å²) in [6.45, 7) is -0.503. The Morgan fingerprint density at radius 1 is 1.03 bits per heavy atom. The van der Waals surface area contributed by atoms with Crippen molar-refractivity contribution < 1.29 is 22.3 Å². The lowest BCUT2D eigenvalue weighted by atomic mass is 9.99. The van der Waals surface area contributed by atoms with Crippen molar-refractivity contribution in [2.24, 2.45) is 0 Å². The first-order valence-electron chi connectivity index (χ1n) is 9.27. The average Bonchev–Trinajstić information content (AvgIpc) is 2.78. The van der Waals surface area contributed by atoms with E-state index in [1.807, 2.05) is 24.3 Å². The highest BCUT2D eigenvalue weighted by atomic mass is 32.2. The molecule has 3 aromatic rings. The van der Waals surface area contributed by atoms with Gasteiger partial charge >= 0.3 is 5.97 Å². The average molecular weight is 438 g/mol. The Labute approximate surface area is 180 Å². The van der Waals surface area contributed by atoms with Crippen molar-refractivity contribution in [3.63, 3.8) is 0 Å². The van der Waals surface area contributed by atoms with Crippen LogP contribution in [0.15, 0.2) is 77.7 Å². The molecule has 0 aliphatic rings. The molecular weight excluding hydrogens is 419 g/mol.